The van der Waals surface area contributed by atoms with Crippen LogP contribution in [0.1, 0.15) is 6.92 Å². The van der Waals surface area contributed by atoms with Crippen LogP contribution in [0, 0.1) is 5.92 Å². The van der Waals surface area contributed by atoms with Crippen molar-refractivity contribution in [2.75, 3.05) is 13.7 Å². The zero-order chi connectivity index (χ0) is 10.0. The molecule has 1 fully saturated rings. The lowest BCUT2D eigenvalue weighted by atomic mass is 10.1. The average molecular weight is 187 g/mol. The van der Waals surface area contributed by atoms with Crippen molar-refractivity contribution in [2.45, 2.75) is 13.0 Å². The SMILES string of the molecule is CON1CC(C)C(NC(=O)[O-])C1=O. The second-order valence-corrected chi connectivity index (χ2v) is 2.97. The molecule has 13 heavy (non-hydrogen) atoms. The Hall–Kier alpha value is -1.30. The first-order valence-corrected chi connectivity index (χ1v) is 3.89. The molecule has 1 saturated heterocycles. The van der Waals surface area contributed by atoms with Gasteiger partial charge >= 0.3 is 0 Å². The van der Waals surface area contributed by atoms with Crippen molar-refractivity contribution >= 4 is 12.0 Å². The highest BCUT2D eigenvalue weighted by Gasteiger charge is 2.38. The lowest BCUT2D eigenvalue weighted by molar-refractivity contribution is -0.251. The van der Waals surface area contributed by atoms with E-state index in [-0.39, 0.29) is 11.8 Å². The van der Waals surface area contributed by atoms with Crippen LogP contribution in [0.4, 0.5) is 4.79 Å². The van der Waals surface area contributed by atoms with Crippen LogP contribution in [0.3, 0.4) is 0 Å². The number of carbonyl (C=O) groups excluding carboxylic acids is 2. The van der Waals surface area contributed by atoms with Gasteiger partial charge in [0, 0.05) is 5.92 Å². The Morgan fingerprint density at radius 2 is 2.38 bits per heavy atom. The van der Waals surface area contributed by atoms with Crippen molar-refractivity contribution in [2.24, 2.45) is 5.92 Å². The van der Waals surface area contributed by atoms with Gasteiger partial charge in [-0.05, 0) is 0 Å². The third kappa shape index (κ3) is 1.89. The van der Waals surface area contributed by atoms with Crippen LogP contribution in [0.5, 0.6) is 0 Å². The van der Waals surface area contributed by atoms with Gasteiger partial charge in [0.15, 0.2) is 0 Å². The third-order valence-corrected chi connectivity index (χ3v) is 2.03. The molecule has 74 valence electrons. The Morgan fingerprint density at radius 1 is 1.77 bits per heavy atom. The number of carbonyl (C=O) groups is 2. The largest absolute Gasteiger partial charge is 0.530 e. The topological polar surface area (TPSA) is 81.7 Å². The predicted molar refractivity (Wildman–Crippen MR) is 40.2 cm³/mol. The molecule has 0 saturated carbocycles. The summed E-state index contributed by atoms with van der Waals surface area (Å²) < 4.78 is 0. The first kappa shape index (κ1) is 9.79. The maximum atomic E-state index is 11.3. The van der Waals surface area contributed by atoms with E-state index in [4.69, 9.17) is 4.84 Å². The van der Waals surface area contributed by atoms with Crippen molar-refractivity contribution in [3.63, 3.8) is 0 Å². The van der Waals surface area contributed by atoms with Gasteiger partial charge in [-0.15, -0.1) is 0 Å². The van der Waals surface area contributed by atoms with Crippen molar-refractivity contribution < 1.29 is 19.5 Å². The molecule has 0 aromatic rings. The summed E-state index contributed by atoms with van der Waals surface area (Å²) in [5.74, 6) is -0.482. The van der Waals surface area contributed by atoms with Crippen molar-refractivity contribution in [1.82, 2.24) is 10.4 Å². The normalized spacial score (nSPS) is 27.8. The van der Waals surface area contributed by atoms with Gasteiger partial charge in [0.2, 0.25) is 0 Å². The average Bonchev–Trinajstić information content (AvgIpc) is 2.31. The van der Waals surface area contributed by atoms with E-state index in [1.165, 1.54) is 7.11 Å². The second-order valence-electron chi connectivity index (χ2n) is 2.97. The Morgan fingerprint density at radius 3 is 2.77 bits per heavy atom. The van der Waals surface area contributed by atoms with E-state index in [9.17, 15) is 14.7 Å². The molecular weight excluding hydrogens is 176 g/mol. The molecule has 1 aliphatic rings. The van der Waals surface area contributed by atoms with Crippen molar-refractivity contribution in [3.05, 3.63) is 0 Å². The highest BCUT2D eigenvalue weighted by molar-refractivity contribution is 5.86. The van der Waals surface area contributed by atoms with E-state index < -0.39 is 12.1 Å². The minimum Gasteiger partial charge on any atom is -0.530 e. The minimum absolute atomic E-state index is 0.106. The molecule has 0 aromatic heterocycles. The number of amides is 2. The molecule has 2 atom stereocenters. The van der Waals surface area contributed by atoms with E-state index >= 15 is 0 Å². The highest BCUT2D eigenvalue weighted by atomic mass is 16.7. The molecule has 6 heteroatoms. The molecule has 0 radical (unpaired) electrons. The molecule has 0 spiro atoms. The smallest absolute Gasteiger partial charge is 0.268 e. The zero-order valence-electron chi connectivity index (χ0n) is 7.44. The van der Waals surface area contributed by atoms with E-state index in [0.29, 0.717) is 6.54 Å². The molecule has 0 bridgehead atoms. The zero-order valence-corrected chi connectivity index (χ0v) is 7.44. The number of nitrogens with zero attached hydrogens (tertiary/aromatic N) is 1. The summed E-state index contributed by atoms with van der Waals surface area (Å²) >= 11 is 0. The van der Waals surface area contributed by atoms with E-state index in [2.05, 4.69) is 0 Å². The number of hydrogen-bond donors (Lipinski definition) is 1. The van der Waals surface area contributed by atoms with Crippen LogP contribution < -0.4 is 10.4 Å². The first-order chi connectivity index (χ1) is 6.06. The van der Waals surface area contributed by atoms with Gasteiger partial charge in [0.25, 0.3) is 5.91 Å². The number of carboxylic acid groups (broad SMARTS) is 1. The van der Waals surface area contributed by atoms with E-state index in [0.717, 1.165) is 5.06 Å². The van der Waals surface area contributed by atoms with Gasteiger partial charge in [0.05, 0.1) is 13.7 Å². The third-order valence-electron chi connectivity index (χ3n) is 2.03. The quantitative estimate of drug-likeness (QED) is 0.560. The van der Waals surface area contributed by atoms with E-state index in [1.807, 2.05) is 5.32 Å². The molecular formula is C7H11N2O4-. The number of hydroxylamine groups is 2. The van der Waals surface area contributed by atoms with Crippen LogP contribution >= 0.6 is 0 Å². The van der Waals surface area contributed by atoms with Gasteiger partial charge in [-0.2, -0.15) is 0 Å². The fraction of sp³-hybridized carbons (Fsp3) is 0.714. The van der Waals surface area contributed by atoms with Gasteiger partial charge in [-0.3, -0.25) is 9.63 Å². The highest BCUT2D eigenvalue weighted by Crippen LogP contribution is 2.17. The lowest BCUT2D eigenvalue weighted by Crippen LogP contribution is -2.48. The molecule has 6 nitrogen and oxygen atoms in total. The molecule has 0 aliphatic carbocycles. The summed E-state index contributed by atoms with van der Waals surface area (Å²) in [7, 11) is 1.37. The number of rotatable bonds is 2. The van der Waals surface area contributed by atoms with Gasteiger partial charge < -0.3 is 15.2 Å². The summed E-state index contributed by atoms with van der Waals surface area (Å²) in [4.78, 5) is 26.3. The summed E-state index contributed by atoms with van der Waals surface area (Å²) in [5, 5.41) is 13.4. The molecule has 1 rings (SSSR count). The molecule has 0 aromatic carbocycles. The molecule has 2 unspecified atom stereocenters. The second kappa shape index (κ2) is 3.61. The Balaban J connectivity index is 2.64. The standard InChI is InChI=1S/C7H12N2O4/c1-4-3-9(13-2)6(10)5(4)8-7(11)12/h4-5,8H,3H2,1-2H3,(H,11,12)/p-1. The van der Waals surface area contributed by atoms with Crippen molar-refractivity contribution in [1.29, 1.82) is 0 Å². The van der Waals surface area contributed by atoms with Crippen LogP contribution in [-0.4, -0.2) is 36.8 Å². The summed E-state index contributed by atoms with van der Waals surface area (Å²) in [6.45, 7) is 2.15. The Kier molecular flexibility index (Phi) is 2.72. The maximum absolute atomic E-state index is 11.3. The first-order valence-electron chi connectivity index (χ1n) is 3.89. The van der Waals surface area contributed by atoms with Crippen LogP contribution in [0.15, 0.2) is 0 Å². The molecule has 1 N–H and O–H groups in total. The van der Waals surface area contributed by atoms with Gasteiger partial charge in [-0.1, -0.05) is 6.92 Å². The monoisotopic (exact) mass is 187 g/mol. The Bertz CT molecular complexity index is 231. The van der Waals surface area contributed by atoms with Crippen LogP contribution in [0.25, 0.3) is 0 Å². The molecule has 1 heterocycles. The number of hydrogen-bond acceptors (Lipinski definition) is 4. The minimum atomic E-state index is -1.44. The van der Waals surface area contributed by atoms with Gasteiger partial charge in [0.1, 0.15) is 12.1 Å². The fourth-order valence-electron chi connectivity index (χ4n) is 1.35. The summed E-state index contributed by atoms with van der Waals surface area (Å²) in [6.07, 6.45) is -1.44. The summed E-state index contributed by atoms with van der Waals surface area (Å²) in [6, 6.07) is -0.745. The van der Waals surface area contributed by atoms with Crippen LogP contribution in [-0.2, 0) is 9.63 Å². The maximum Gasteiger partial charge on any atom is 0.268 e. The molecule has 1 aliphatic heterocycles. The molecule has 2 amide bonds. The van der Waals surface area contributed by atoms with Crippen molar-refractivity contribution in [3.8, 4) is 0 Å². The summed E-state index contributed by atoms with van der Waals surface area (Å²) in [5.41, 5.74) is 0. The number of nitrogens with one attached hydrogen (secondary N) is 1. The van der Waals surface area contributed by atoms with Crippen LogP contribution in [0.2, 0.25) is 0 Å². The van der Waals surface area contributed by atoms with Gasteiger partial charge in [-0.25, -0.2) is 5.06 Å². The van der Waals surface area contributed by atoms with E-state index in [1.54, 1.807) is 6.92 Å². The Labute approximate surface area is 75.4 Å². The fourth-order valence-corrected chi connectivity index (χ4v) is 1.35. The lowest BCUT2D eigenvalue weighted by Gasteiger charge is -2.16. The predicted octanol–water partition coefficient (Wildman–Crippen LogP) is -1.67.